The van der Waals surface area contributed by atoms with Crippen LogP contribution in [0.15, 0.2) is 22.0 Å². The summed E-state index contributed by atoms with van der Waals surface area (Å²) in [7, 11) is 3.22. The standard InChI is InChI=1S/C13H11BrN2O2S/c1-17-9-5-8(6-10(7-9)18-2)13-16-11(3-4-15)12(14)19-13/h5-7H,3H2,1-2H3. The molecule has 0 aliphatic rings. The lowest BCUT2D eigenvalue weighted by molar-refractivity contribution is 0.394. The van der Waals surface area contributed by atoms with Crippen LogP contribution in [0.2, 0.25) is 0 Å². The molecule has 2 rings (SSSR count). The van der Waals surface area contributed by atoms with E-state index in [1.54, 1.807) is 14.2 Å². The Bertz CT molecular complexity index is 612. The first-order valence-corrected chi connectivity index (χ1v) is 7.04. The third-order valence-corrected chi connectivity index (χ3v) is 4.37. The van der Waals surface area contributed by atoms with Crippen LogP contribution in [0.1, 0.15) is 5.69 Å². The summed E-state index contributed by atoms with van der Waals surface area (Å²) >= 11 is 4.92. The van der Waals surface area contributed by atoms with Crippen molar-refractivity contribution in [1.29, 1.82) is 5.26 Å². The number of thiazole rings is 1. The highest BCUT2D eigenvalue weighted by Gasteiger charge is 2.12. The molecule has 0 bridgehead atoms. The largest absolute Gasteiger partial charge is 0.497 e. The summed E-state index contributed by atoms with van der Waals surface area (Å²) in [6, 6.07) is 7.69. The molecule has 0 N–H and O–H groups in total. The van der Waals surface area contributed by atoms with Crippen molar-refractivity contribution in [3.8, 4) is 28.1 Å². The second-order valence-corrected chi connectivity index (χ2v) is 5.99. The Kier molecular flexibility index (Phi) is 4.40. The van der Waals surface area contributed by atoms with Crippen LogP contribution in [0.25, 0.3) is 10.6 Å². The molecule has 1 heterocycles. The monoisotopic (exact) mass is 338 g/mol. The van der Waals surface area contributed by atoms with E-state index in [1.807, 2.05) is 18.2 Å². The SMILES string of the molecule is COc1cc(OC)cc(-c2nc(CC#N)c(Br)s2)c1. The molecule has 0 aliphatic heterocycles. The molecule has 4 nitrogen and oxygen atoms in total. The molecule has 0 saturated carbocycles. The maximum atomic E-state index is 8.74. The average molecular weight is 339 g/mol. The number of methoxy groups -OCH3 is 2. The molecule has 6 heteroatoms. The first kappa shape index (κ1) is 13.8. The highest BCUT2D eigenvalue weighted by atomic mass is 79.9. The molecular weight excluding hydrogens is 328 g/mol. The molecule has 0 aliphatic carbocycles. The van der Waals surface area contributed by atoms with E-state index in [2.05, 4.69) is 27.0 Å². The van der Waals surface area contributed by atoms with Crippen molar-refractivity contribution < 1.29 is 9.47 Å². The smallest absolute Gasteiger partial charge is 0.125 e. The van der Waals surface area contributed by atoms with E-state index in [1.165, 1.54) is 11.3 Å². The van der Waals surface area contributed by atoms with Gasteiger partial charge in [-0.1, -0.05) is 0 Å². The fourth-order valence-electron chi connectivity index (χ4n) is 1.57. The zero-order chi connectivity index (χ0) is 13.8. The quantitative estimate of drug-likeness (QED) is 0.853. The minimum Gasteiger partial charge on any atom is -0.497 e. The molecule has 0 atom stereocenters. The van der Waals surface area contributed by atoms with Gasteiger partial charge in [0, 0.05) is 11.6 Å². The fraction of sp³-hybridized carbons (Fsp3) is 0.231. The van der Waals surface area contributed by atoms with Gasteiger partial charge in [-0.2, -0.15) is 5.26 Å². The zero-order valence-electron chi connectivity index (χ0n) is 10.4. The first-order chi connectivity index (χ1) is 9.17. The second kappa shape index (κ2) is 6.04. The van der Waals surface area contributed by atoms with E-state index in [4.69, 9.17) is 14.7 Å². The Labute approximate surface area is 123 Å². The normalized spacial score (nSPS) is 10.0. The van der Waals surface area contributed by atoms with Crippen molar-refractivity contribution in [3.05, 3.63) is 27.7 Å². The highest BCUT2D eigenvalue weighted by molar-refractivity contribution is 9.11. The van der Waals surface area contributed by atoms with Crippen LogP contribution in [-0.4, -0.2) is 19.2 Å². The van der Waals surface area contributed by atoms with Gasteiger partial charge in [0.25, 0.3) is 0 Å². The molecule has 0 unspecified atom stereocenters. The van der Waals surface area contributed by atoms with Gasteiger partial charge in [0.05, 0.1) is 36.2 Å². The predicted octanol–water partition coefficient (Wildman–Crippen LogP) is 3.66. The minimum absolute atomic E-state index is 0.290. The number of ether oxygens (including phenoxy) is 2. The van der Waals surface area contributed by atoms with Crippen LogP contribution >= 0.6 is 27.3 Å². The molecule has 0 radical (unpaired) electrons. The van der Waals surface area contributed by atoms with Gasteiger partial charge in [0.15, 0.2) is 0 Å². The molecule has 0 spiro atoms. The number of rotatable bonds is 4. The third kappa shape index (κ3) is 3.06. The first-order valence-electron chi connectivity index (χ1n) is 5.43. The lowest BCUT2D eigenvalue weighted by Gasteiger charge is -2.06. The van der Waals surface area contributed by atoms with Crippen molar-refractivity contribution in [2.75, 3.05) is 14.2 Å². The number of hydrogen-bond acceptors (Lipinski definition) is 5. The molecule has 2 aromatic rings. The predicted molar refractivity (Wildman–Crippen MR) is 77.7 cm³/mol. The number of nitrogens with zero attached hydrogens (tertiary/aromatic N) is 2. The van der Waals surface area contributed by atoms with Crippen molar-refractivity contribution in [2.45, 2.75) is 6.42 Å². The topological polar surface area (TPSA) is 55.1 Å². The number of benzene rings is 1. The molecule has 1 aromatic carbocycles. The number of halogens is 1. The van der Waals surface area contributed by atoms with Crippen LogP contribution in [0.4, 0.5) is 0 Å². The average Bonchev–Trinajstić information content (AvgIpc) is 2.80. The summed E-state index contributed by atoms with van der Waals surface area (Å²) in [6.45, 7) is 0. The Hall–Kier alpha value is -1.58. The maximum absolute atomic E-state index is 8.74. The van der Waals surface area contributed by atoms with E-state index >= 15 is 0 Å². The Morgan fingerprint density at radius 3 is 2.42 bits per heavy atom. The van der Waals surface area contributed by atoms with Crippen molar-refractivity contribution in [2.24, 2.45) is 0 Å². The lowest BCUT2D eigenvalue weighted by Crippen LogP contribution is -1.89. The fourth-order valence-corrected chi connectivity index (χ4v) is 3.06. The summed E-state index contributed by atoms with van der Waals surface area (Å²) in [5, 5.41) is 9.57. The highest BCUT2D eigenvalue weighted by Crippen LogP contribution is 2.35. The van der Waals surface area contributed by atoms with E-state index < -0.39 is 0 Å². The van der Waals surface area contributed by atoms with Gasteiger partial charge in [-0.3, -0.25) is 0 Å². The Balaban J connectivity index is 2.46. The van der Waals surface area contributed by atoms with Crippen LogP contribution in [0, 0.1) is 11.3 Å². The van der Waals surface area contributed by atoms with Gasteiger partial charge < -0.3 is 9.47 Å². The van der Waals surface area contributed by atoms with Gasteiger partial charge in [-0.05, 0) is 28.1 Å². The summed E-state index contributed by atoms with van der Waals surface area (Å²) in [5.41, 5.74) is 1.66. The van der Waals surface area contributed by atoms with Gasteiger partial charge in [-0.25, -0.2) is 4.98 Å². The van der Waals surface area contributed by atoms with Crippen molar-refractivity contribution in [3.63, 3.8) is 0 Å². The summed E-state index contributed by atoms with van der Waals surface area (Å²) in [4.78, 5) is 4.46. The van der Waals surface area contributed by atoms with Crippen LogP contribution < -0.4 is 9.47 Å². The minimum atomic E-state index is 0.290. The molecule has 1 aromatic heterocycles. The molecule has 98 valence electrons. The maximum Gasteiger partial charge on any atom is 0.125 e. The van der Waals surface area contributed by atoms with E-state index in [0.29, 0.717) is 11.5 Å². The summed E-state index contributed by atoms with van der Waals surface area (Å²) < 4.78 is 11.4. The molecule has 19 heavy (non-hydrogen) atoms. The molecule has 0 amide bonds. The van der Waals surface area contributed by atoms with Crippen LogP contribution in [0.5, 0.6) is 11.5 Å². The van der Waals surface area contributed by atoms with Crippen LogP contribution in [0.3, 0.4) is 0 Å². The molecule has 0 fully saturated rings. The van der Waals surface area contributed by atoms with Gasteiger partial charge >= 0.3 is 0 Å². The lowest BCUT2D eigenvalue weighted by atomic mass is 10.2. The summed E-state index contributed by atoms with van der Waals surface area (Å²) in [5.74, 6) is 1.42. The molecular formula is C13H11BrN2O2S. The number of nitriles is 1. The van der Waals surface area contributed by atoms with E-state index in [9.17, 15) is 0 Å². The van der Waals surface area contributed by atoms with Crippen molar-refractivity contribution in [1.82, 2.24) is 4.98 Å². The zero-order valence-corrected chi connectivity index (χ0v) is 12.8. The number of aromatic nitrogens is 1. The van der Waals surface area contributed by atoms with E-state index in [0.717, 1.165) is 20.1 Å². The van der Waals surface area contributed by atoms with E-state index in [-0.39, 0.29) is 6.42 Å². The molecule has 0 saturated heterocycles. The third-order valence-electron chi connectivity index (χ3n) is 2.49. The van der Waals surface area contributed by atoms with Crippen molar-refractivity contribution >= 4 is 27.3 Å². The Morgan fingerprint density at radius 1 is 1.26 bits per heavy atom. The summed E-state index contributed by atoms with van der Waals surface area (Å²) in [6.07, 6.45) is 0.290. The van der Waals surface area contributed by atoms with Crippen LogP contribution in [-0.2, 0) is 6.42 Å². The number of hydrogen-bond donors (Lipinski definition) is 0. The van der Waals surface area contributed by atoms with Gasteiger partial charge in [-0.15, -0.1) is 11.3 Å². The second-order valence-electron chi connectivity index (χ2n) is 3.68. The Morgan fingerprint density at radius 2 is 1.89 bits per heavy atom. The van der Waals surface area contributed by atoms with Gasteiger partial charge in [0.2, 0.25) is 0 Å². The van der Waals surface area contributed by atoms with Gasteiger partial charge in [0.1, 0.15) is 16.5 Å².